The molecule has 1 atom stereocenters. The lowest BCUT2D eigenvalue weighted by Gasteiger charge is -2.30. The molecule has 1 heterocycles. The van der Waals surface area contributed by atoms with Crippen LogP contribution in [0.1, 0.15) is 19.8 Å². The van der Waals surface area contributed by atoms with Gasteiger partial charge in [-0.25, -0.2) is 0 Å². The summed E-state index contributed by atoms with van der Waals surface area (Å²) < 4.78 is 0. The van der Waals surface area contributed by atoms with Gasteiger partial charge < -0.3 is 10.2 Å². The Morgan fingerprint density at radius 1 is 1.36 bits per heavy atom. The topological polar surface area (TPSA) is 75.5 Å². The van der Waals surface area contributed by atoms with Crippen molar-refractivity contribution in [2.24, 2.45) is 0 Å². The highest BCUT2D eigenvalue weighted by Crippen LogP contribution is 2.25. The van der Waals surface area contributed by atoms with E-state index >= 15 is 0 Å². The van der Waals surface area contributed by atoms with Gasteiger partial charge in [-0.1, -0.05) is 0 Å². The van der Waals surface area contributed by atoms with Gasteiger partial charge in [0.25, 0.3) is 5.69 Å². The second kappa shape index (κ2) is 7.60. The van der Waals surface area contributed by atoms with Crippen LogP contribution in [0, 0.1) is 10.1 Å². The summed E-state index contributed by atoms with van der Waals surface area (Å²) in [6.45, 7) is 3.88. The number of nitro groups is 1. The third kappa shape index (κ3) is 4.71. The molecule has 1 aliphatic heterocycles. The first-order chi connectivity index (χ1) is 10.5. The molecule has 1 unspecified atom stereocenters. The maximum atomic E-state index is 12.2. The Morgan fingerprint density at radius 2 is 1.95 bits per heavy atom. The van der Waals surface area contributed by atoms with Crippen molar-refractivity contribution in [1.29, 1.82) is 0 Å². The van der Waals surface area contributed by atoms with Gasteiger partial charge in [0, 0.05) is 23.1 Å². The molecular weight excluding hydrogens is 302 g/mol. The van der Waals surface area contributed by atoms with Crippen LogP contribution in [0.2, 0.25) is 0 Å². The second-order valence-electron chi connectivity index (χ2n) is 5.60. The Balaban J connectivity index is 1.84. The van der Waals surface area contributed by atoms with Crippen molar-refractivity contribution in [1.82, 2.24) is 10.2 Å². The molecule has 1 aliphatic rings. The van der Waals surface area contributed by atoms with E-state index in [1.54, 1.807) is 12.1 Å². The fourth-order valence-corrected chi connectivity index (χ4v) is 3.25. The van der Waals surface area contributed by atoms with Gasteiger partial charge in [0.2, 0.25) is 5.91 Å². The van der Waals surface area contributed by atoms with Crippen molar-refractivity contribution >= 4 is 23.4 Å². The summed E-state index contributed by atoms with van der Waals surface area (Å²) in [7, 11) is 2.09. The Kier molecular flexibility index (Phi) is 5.79. The number of amides is 1. The van der Waals surface area contributed by atoms with E-state index in [0.717, 1.165) is 30.8 Å². The molecule has 1 fully saturated rings. The number of carbonyl (C=O) groups is 1. The minimum absolute atomic E-state index is 0.0258. The van der Waals surface area contributed by atoms with Crippen LogP contribution >= 0.6 is 11.8 Å². The molecule has 1 N–H and O–H groups in total. The smallest absolute Gasteiger partial charge is 0.269 e. The Hall–Kier alpha value is -1.60. The van der Waals surface area contributed by atoms with Crippen LogP contribution in [0.25, 0.3) is 0 Å². The molecule has 2 rings (SSSR count). The summed E-state index contributed by atoms with van der Waals surface area (Å²) in [6.07, 6.45) is 1.97. The third-order valence-electron chi connectivity index (χ3n) is 3.79. The molecular formula is C15H21N3O3S. The molecule has 7 heteroatoms. The molecule has 1 aromatic carbocycles. The molecule has 0 bridgehead atoms. The fraction of sp³-hybridized carbons (Fsp3) is 0.533. The normalized spacial score (nSPS) is 17.9. The summed E-state index contributed by atoms with van der Waals surface area (Å²) >= 11 is 1.42. The number of carbonyl (C=O) groups excluding carboxylic acids is 1. The predicted octanol–water partition coefficient (Wildman–Crippen LogP) is 2.29. The SMILES string of the molecule is CC(Sc1ccc([N+](=O)[O-])cc1)C(=O)NC1CCN(C)CC1. The highest BCUT2D eigenvalue weighted by atomic mass is 32.2. The fourth-order valence-electron chi connectivity index (χ4n) is 2.38. The number of hydrogen-bond donors (Lipinski definition) is 1. The van der Waals surface area contributed by atoms with Gasteiger partial charge in [-0.3, -0.25) is 14.9 Å². The van der Waals surface area contributed by atoms with Gasteiger partial charge in [-0.2, -0.15) is 0 Å². The average Bonchev–Trinajstić information content (AvgIpc) is 2.50. The molecule has 1 saturated heterocycles. The van der Waals surface area contributed by atoms with E-state index in [2.05, 4.69) is 17.3 Å². The summed E-state index contributed by atoms with van der Waals surface area (Å²) in [5, 5.41) is 13.5. The van der Waals surface area contributed by atoms with E-state index in [1.807, 2.05) is 6.92 Å². The van der Waals surface area contributed by atoms with Crippen molar-refractivity contribution in [2.45, 2.75) is 36.0 Å². The first-order valence-electron chi connectivity index (χ1n) is 7.35. The summed E-state index contributed by atoms with van der Waals surface area (Å²) in [5.41, 5.74) is 0.0628. The van der Waals surface area contributed by atoms with Crippen molar-refractivity contribution in [2.75, 3.05) is 20.1 Å². The maximum Gasteiger partial charge on any atom is 0.269 e. The van der Waals surface area contributed by atoms with Crippen molar-refractivity contribution in [3.8, 4) is 0 Å². The molecule has 0 saturated carbocycles. The van der Waals surface area contributed by atoms with Crippen LogP contribution in [-0.4, -0.2) is 47.2 Å². The number of nitrogens with one attached hydrogen (secondary N) is 1. The van der Waals surface area contributed by atoms with Crippen molar-refractivity contribution < 1.29 is 9.72 Å². The van der Waals surface area contributed by atoms with Gasteiger partial charge in [0.15, 0.2) is 0 Å². The lowest BCUT2D eigenvalue weighted by molar-refractivity contribution is -0.384. The highest BCUT2D eigenvalue weighted by Gasteiger charge is 2.22. The zero-order chi connectivity index (χ0) is 16.1. The van der Waals surface area contributed by atoms with E-state index in [4.69, 9.17) is 0 Å². The monoisotopic (exact) mass is 323 g/mol. The molecule has 120 valence electrons. The van der Waals surface area contributed by atoms with Crippen LogP contribution in [-0.2, 0) is 4.79 Å². The van der Waals surface area contributed by atoms with Gasteiger partial charge in [0.05, 0.1) is 10.2 Å². The second-order valence-corrected chi connectivity index (χ2v) is 7.01. The number of nitro benzene ring substituents is 1. The largest absolute Gasteiger partial charge is 0.352 e. The first kappa shape index (κ1) is 16.8. The summed E-state index contributed by atoms with van der Waals surface area (Å²) in [6, 6.07) is 6.54. The van der Waals surface area contributed by atoms with Gasteiger partial charge in [-0.15, -0.1) is 11.8 Å². The molecule has 22 heavy (non-hydrogen) atoms. The minimum Gasteiger partial charge on any atom is -0.352 e. The molecule has 1 aromatic rings. The number of thioether (sulfide) groups is 1. The lowest BCUT2D eigenvalue weighted by atomic mass is 10.1. The molecule has 0 spiro atoms. The molecule has 0 aliphatic carbocycles. The van der Waals surface area contributed by atoms with Crippen molar-refractivity contribution in [3.63, 3.8) is 0 Å². The standard InChI is InChI=1S/C15H21N3O3S/c1-11(15(19)16-12-7-9-17(2)10-8-12)22-14-5-3-13(4-6-14)18(20)21/h3-6,11-12H,7-10H2,1-2H3,(H,16,19). The summed E-state index contributed by atoms with van der Waals surface area (Å²) in [4.78, 5) is 25.5. The Morgan fingerprint density at radius 3 is 2.50 bits per heavy atom. The van der Waals surface area contributed by atoms with Gasteiger partial charge in [0.1, 0.15) is 0 Å². The predicted molar refractivity (Wildman–Crippen MR) is 87.1 cm³/mol. The van der Waals surface area contributed by atoms with Gasteiger partial charge in [-0.05, 0) is 52.0 Å². The van der Waals surface area contributed by atoms with Crippen molar-refractivity contribution in [3.05, 3.63) is 34.4 Å². The molecule has 0 aromatic heterocycles. The number of nitrogens with zero attached hydrogens (tertiary/aromatic N) is 2. The maximum absolute atomic E-state index is 12.2. The van der Waals surface area contributed by atoms with Crippen LogP contribution in [0.5, 0.6) is 0 Å². The number of likely N-dealkylation sites (tertiary alicyclic amines) is 1. The summed E-state index contributed by atoms with van der Waals surface area (Å²) in [5.74, 6) is 0.0258. The molecule has 0 radical (unpaired) electrons. The molecule has 6 nitrogen and oxygen atoms in total. The van der Waals surface area contributed by atoms with E-state index in [0.29, 0.717) is 0 Å². The van der Waals surface area contributed by atoms with Crippen LogP contribution < -0.4 is 5.32 Å². The van der Waals surface area contributed by atoms with Crippen LogP contribution in [0.3, 0.4) is 0 Å². The van der Waals surface area contributed by atoms with E-state index in [-0.39, 0.29) is 22.9 Å². The zero-order valence-electron chi connectivity index (χ0n) is 12.8. The Labute approximate surface area is 134 Å². The van der Waals surface area contributed by atoms with E-state index < -0.39 is 4.92 Å². The third-order valence-corrected chi connectivity index (χ3v) is 4.91. The Bertz CT molecular complexity index is 527. The highest BCUT2D eigenvalue weighted by molar-refractivity contribution is 8.00. The van der Waals surface area contributed by atoms with Crippen LogP contribution in [0.15, 0.2) is 29.2 Å². The average molecular weight is 323 g/mol. The lowest BCUT2D eigenvalue weighted by Crippen LogP contribution is -2.45. The van der Waals surface area contributed by atoms with E-state index in [1.165, 1.54) is 23.9 Å². The zero-order valence-corrected chi connectivity index (χ0v) is 13.6. The first-order valence-corrected chi connectivity index (χ1v) is 8.23. The number of piperidine rings is 1. The molecule has 1 amide bonds. The number of benzene rings is 1. The van der Waals surface area contributed by atoms with Gasteiger partial charge >= 0.3 is 0 Å². The van der Waals surface area contributed by atoms with E-state index in [9.17, 15) is 14.9 Å². The number of rotatable bonds is 5. The minimum atomic E-state index is -0.426. The number of hydrogen-bond acceptors (Lipinski definition) is 5. The quantitative estimate of drug-likeness (QED) is 0.511. The number of non-ortho nitro benzene ring substituents is 1. The van der Waals surface area contributed by atoms with Crippen LogP contribution in [0.4, 0.5) is 5.69 Å².